The lowest BCUT2D eigenvalue weighted by atomic mass is 10.0. The first-order valence-electron chi connectivity index (χ1n) is 10.9. The van der Waals surface area contributed by atoms with Crippen molar-refractivity contribution in [1.82, 2.24) is 15.0 Å². The standard InChI is InChI=1S/C25H21ClN6O5/c1-35-17-6-10(5-11-9-30-25(29)32-23(11)27)13-8-16(37-21(13)22(17)36-2)20(33)18-14-7-12(26)3-4-15(14)31-19(18)24(28)34/h3-4,6-9,31H,5H2,1-2H3,(H2,28,34)(H4,27,29,30,32). The van der Waals surface area contributed by atoms with E-state index in [0.717, 1.165) is 0 Å². The second-order valence-corrected chi connectivity index (χ2v) is 8.63. The highest BCUT2D eigenvalue weighted by Gasteiger charge is 2.28. The highest BCUT2D eigenvalue weighted by atomic mass is 35.5. The summed E-state index contributed by atoms with van der Waals surface area (Å²) in [6.07, 6.45) is 1.81. The van der Waals surface area contributed by atoms with Crippen molar-refractivity contribution in [3.8, 4) is 11.5 Å². The number of aromatic amines is 1. The molecule has 188 valence electrons. The Labute approximate surface area is 214 Å². The number of ketones is 1. The van der Waals surface area contributed by atoms with Crippen LogP contribution in [0.4, 0.5) is 11.8 Å². The van der Waals surface area contributed by atoms with E-state index in [4.69, 9.17) is 42.7 Å². The van der Waals surface area contributed by atoms with Crippen LogP contribution in [0.2, 0.25) is 5.02 Å². The first-order valence-corrected chi connectivity index (χ1v) is 11.3. The molecule has 0 aliphatic heterocycles. The number of halogens is 1. The van der Waals surface area contributed by atoms with E-state index >= 15 is 0 Å². The number of nitrogens with one attached hydrogen (secondary N) is 1. The second kappa shape index (κ2) is 9.03. The van der Waals surface area contributed by atoms with E-state index in [-0.39, 0.29) is 40.8 Å². The minimum absolute atomic E-state index is 0.0484. The van der Waals surface area contributed by atoms with Gasteiger partial charge in [-0.05, 0) is 35.9 Å². The fraction of sp³-hybridized carbons (Fsp3) is 0.120. The smallest absolute Gasteiger partial charge is 0.265 e. The number of fused-ring (bicyclic) bond motifs is 2. The molecule has 7 N–H and O–H groups in total. The summed E-state index contributed by atoms with van der Waals surface area (Å²) in [6, 6.07) is 8.19. The summed E-state index contributed by atoms with van der Waals surface area (Å²) in [5.74, 6) is -0.473. The van der Waals surface area contributed by atoms with Crippen LogP contribution < -0.4 is 26.7 Å². The molecule has 1 amide bonds. The number of methoxy groups -OCH3 is 2. The van der Waals surface area contributed by atoms with Crippen LogP contribution in [0.25, 0.3) is 21.9 Å². The summed E-state index contributed by atoms with van der Waals surface area (Å²) in [6.45, 7) is 0. The SMILES string of the molecule is COc1cc(Cc2cnc(N)nc2N)c2cc(C(=O)c3c(C(N)=O)[nH]c4ccc(Cl)cc34)oc2c1OC. The maximum Gasteiger partial charge on any atom is 0.265 e. The average molecular weight is 521 g/mol. The number of furan rings is 1. The van der Waals surface area contributed by atoms with Crippen molar-refractivity contribution >= 4 is 56.9 Å². The number of hydrogen-bond acceptors (Lipinski definition) is 9. The van der Waals surface area contributed by atoms with E-state index in [2.05, 4.69) is 15.0 Å². The number of carbonyl (C=O) groups excluding carboxylic acids is 2. The van der Waals surface area contributed by atoms with Gasteiger partial charge in [0.1, 0.15) is 11.5 Å². The van der Waals surface area contributed by atoms with Gasteiger partial charge in [0.25, 0.3) is 5.91 Å². The highest BCUT2D eigenvalue weighted by molar-refractivity contribution is 6.32. The number of carbonyl (C=O) groups is 2. The Balaban J connectivity index is 1.71. The molecule has 3 aromatic heterocycles. The number of ether oxygens (including phenoxy) is 2. The Kier molecular flexibility index (Phi) is 5.84. The van der Waals surface area contributed by atoms with Crippen LogP contribution in [0.3, 0.4) is 0 Å². The molecule has 0 aliphatic carbocycles. The number of nitrogens with zero attached hydrogens (tertiary/aromatic N) is 2. The van der Waals surface area contributed by atoms with Gasteiger partial charge in [-0.2, -0.15) is 4.98 Å². The summed E-state index contributed by atoms with van der Waals surface area (Å²) in [4.78, 5) is 36.9. The first kappa shape index (κ1) is 23.9. The van der Waals surface area contributed by atoms with E-state index in [1.54, 1.807) is 30.3 Å². The van der Waals surface area contributed by atoms with E-state index < -0.39 is 11.7 Å². The predicted octanol–water partition coefficient (Wildman–Crippen LogP) is 3.46. The zero-order chi connectivity index (χ0) is 26.4. The zero-order valence-corrected chi connectivity index (χ0v) is 20.5. The number of anilines is 2. The number of hydrogen-bond donors (Lipinski definition) is 4. The summed E-state index contributed by atoms with van der Waals surface area (Å²) < 4.78 is 17.1. The van der Waals surface area contributed by atoms with Crippen molar-refractivity contribution in [1.29, 1.82) is 0 Å². The minimum Gasteiger partial charge on any atom is -0.493 e. The van der Waals surface area contributed by atoms with Crippen molar-refractivity contribution in [3.05, 3.63) is 69.7 Å². The molecule has 0 saturated heterocycles. The van der Waals surface area contributed by atoms with Gasteiger partial charge in [0.15, 0.2) is 17.1 Å². The van der Waals surface area contributed by atoms with Gasteiger partial charge in [-0.25, -0.2) is 4.98 Å². The zero-order valence-electron chi connectivity index (χ0n) is 19.7. The number of amides is 1. The average Bonchev–Trinajstić information content (AvgIpc) is 3.47. The summed E-state index contributed by atoms with van der Waals surface area (Å²) in [5.41, 5.74) is 19.3. The van der Waals surface area contributed by atoms with Crippen molar-refractivity contribution in [2.45, 2.75) is 6.42 Å². The van der Waals surface area contributed by atoms with Crippen LogP contribution in [-0.4, -0.2) is 40.9 Å². The molecule has 3 heterocycles. The number of rotatable bonds is 7. The molecule has 5 aromatic rings. The molecule has 0 atom stereocenters. The molecule has 0 aliphatic rings. The normalized spacial score (nSPS) is 11.2. The van der Waals surface area contributed by atoms with Crippen LogP contribution in [0.1, 0.15) is 37.7 Å². The Bertz CT molecular complexity index is 1720. The predicted molar refractivity (Wildman–Crippen MR) is 138 cm³/mol. The van der Waals surface area contributed by atoms with E-state index in [1.165, 1.54) is 20.4 Å². The first-order chi connectivity index (χ1) is 17.7. The highest BCUT2D eigenvalue weighted by Crippen LogP contribution is 2.41. The quantitative estimate of drug-likeness (QED) is 0.233. The van der Waals surface area contributed by atoms with Crippen molar-refractivity contribution in [2.24, 2.45) is 5.73 Å². The fourth-order valence-electron chi connectivity index (χ4n) is 4.30. The van der Waals surface area contributed by atoms with Gasteiger partial charge in [0.05, 0.1) is 19.8 Å². The molecule has 2 aromatic carbocycles. The lowest BCUT2D eigenvalue weighted by molar-refractivity contribution is 0.0971. The van der Waals surface area contributed by atoms with Gasteiger partial charge in [0, 0.05) is 39.5 Å². The summed E-state index contributed by atoms with van der Waals surface area (Å²) in [7, 11) is 2.94. The number of H-pyrrole nitrogens is 1. The Morgan fingerprint density at radius 1 is 1.08 bits per heavy atom. The molecule has 12 heteroatoms. The summed E-state index contributed by atoms with van der Waals surface area (Å²) in [5, 5.41) is 1.39. The molecule has 0 fully saturated rings. The molecule has 0 unspecified atom stereocenters. The lowest BCUT2D eigenvalue weighted by Crippen LogP contribution is -2.16. The molecule has 0 radical (unpaired) electrons. The lowest BCUT2D eigenvalue weighted by Gasteiger charge is -2.12. The maximum absolute atomic E-state index is 13.8. The topological polar surface area (TPSA) is 185 Å². The van der Waals surface area contributed by atoms with Crippen LogP contribution >= 0.6 is 11.6 Å². The van der Waals surface area contributed by atoms with Gasteiger partial charge in [0.2, 0.25) is 17.5 Å². The monoisotopic (exact) mass is 520 g/mol. The summed E-state index contributed by atoms with van der Waals surface area (Å²) >= 11 is 6.16. The molecule has 5 rings (SSSR count). The number of nitrogen functional groups attached to an aromatic ring is 2. The maximum atomic E-state index is 13.8. The van der Waals surface area contributed by atoms with Crippen LogP contribution in [0.5, 0.6) is 11.5 Å². The van der Waals surface area contributed by atoms with Crippen LogP contribution in [0, 0.1) is 0 Å². The number of primary amides is 1. The minimum atomic E-state index is -0.800. The molecule has 0 saturated carbocycles. The van der Waals surface area contributed by atoms with Gasteiger partial charge < -0.3 is 36.1 Å². The van der Waals surface area contributed by atoms with E-state index in [0.29, 0.717) is 43.9 Å². The Morgan fingerprint density at radius 3 is 2.54 bits per heavy atom. The third-order valence-corrected chi connectivity index (χ3v) is 6.23. The van der Waals surface area contributed by atoms with Crippen molar-refractivity contribution in [2.75, 3.05) is 25.7 Å². The van der Waals surface area contributed by atoms with Crippen LogP contribution in [-0.2, 0) is 6.42 Å². The van der Waals surface area contributed by atoms with E-state index in [1.807, 2.05) is 0 Å². The van der Waals surface area contributed by atoms with Crippen LogP contribution in [0.15, 0.2) is 40.9 Å². The fourth-order valence-corrected chi connectivity index (χ4v) is 4.47. The Hall–Kier alpha value is -4.77. The molecular weight excluding hydrogens is 500 g/mol. The van der Waals surface area contributed by atoms with Gasteiger partial charge in [-0.1, -0.05) is 11.6 Å². The third-order valence-electron chi connectivity index (χ3n) is 5.99. The second-order valence-electron chi connectivity index (χ2n) is 8.20. The van der Waals surface area contributed by atoms with Gasteiger partial charge in [-0.3, -0.25) is 9.59 Å². The number of benzene rings is 2. The molecule has 11 nitrogen and oxygen atoms in total. The third kappa shape index (κ3) is 4.04. The largest absolute Gasteiger partial charge is 0.493 e. The van der Waals surface area contributed by atoms with Crippen molar-refractivity contribution < 1.29 is 23.5 Å². The Morgan fingerprint density at radius 2 is 1.86 bits per heavy atom. The molecular formula is C25H21ClN6O5. The molecule has 0 bridgehead atoms. The van der Waals surface area contributed by atoms with E-state index in [9.17, 15) is 9.59 Å². The van der Waals surface area contributed by atoms with Crippen molar-refractivity contribution in [3.63, 3.8) is 0 Å². The number of aromatic nitrogens is 3. The number of nitrogens with two attached hydrogens (primary N) is 3. The van der Waals surface area contributed by atoms with Gasteiger partial charge >= 0.3 is 0 Å². The molecule has 37 heavy (non-hydrogen) atoms. The molecule has 0 spiro atoms. The van der Waals surface area contributed by atoms with Gasteiger partial charge in [-0.15, -0.1) is 0 Å².